The van der Waals surface area contributed by atoms with E-state index < -0.39 is 0 Å². The first-order valence-electron chi connectivity index (χ1n) is 4.88. The van der Waals surface area contributed by atoms with Gasteiger partial charge >= 0.3 is 0 Å². The first-order valence-corrected chi connectivity index (χ1v) is 4.88. The highest BCUT2D eigenvalue weighted by Gasteiger charge is 2.16. The molecule has 0 fully saturated rings. The molecule has 0 saturated heterocycles. The second-order valence-corrected chi connectivity index (χ2v) is 3.59. The molecule has 1 aliphatic heterocycles. The molecule has 0 aliphatic carbocycles. The van der Waals surface area contributed by atoms with Crippen LogP contribution < -0.4 is 10.1 Å². The van der Waals surface area contributed by atoms with Gasteiger partial charge in [-0.05, 0) is 24.5 Å². The minimum absolute atomic E-state index is 0.189. The van der Waals surface area contributed by atoms with Gasteiger partial charge in [0.05, 0.1) is 13.7 Å². The van der Waals surface area contributed by atoms with Crippen LogP contribution in [0.2, 0.25) is 0 Å². The number of methoxy groups -OCH3 is 1. The summed E-state index contributed by atoms with van der Waals surface area (Å²) >= 11 is 0. The van der Waals surface area contributed by atoms with Crippen LogP contribution in [0.1, 0.15) is 12.0 Å². The molecule has 0 saturated carbocycles. The average Bonchev–Trinajstić information content (AvgIpc) is 2.27. The number of aryl methyl sites for hydroxylation is 1. The number of aliphatic hydroxyl groups excluding tert-OH is 1. The summed E-state index contributed by atoms with van der Waals surface area (Å²) in [5.41, 5.74) is 2.39. The summed E-state index contributed by atoms with van der Waals surface area (Å²) in [5, 5.41) is 12.3. The third-order valence-corrected chi connectivity index (χ3v) is 2.66. The Balaban J connectivity index is 2.25. The van der Waals surface area contributed by atoms with Crippen molar-refractivity contribution in [2.45, 2.75) is 18.9 Å². The van der Waals surface area contributed by atoms with Gasteiger partial charge in [0, 0.05) is 17.8 Å². The lowest BCUT2D eigenvalue weighted by molar-refractivity contribution is 0.267. The van der Waals surface area contributed by atoms with Crippen molar-refractivity contribution in [3.8, 4) is 5.75 Å². The van der Waals surface area contributed by atoms with E-state index in [1.165, 1.54) is 5.56 Å². The van der Waals surface area contributed by atoms with Crippen LogP contribution >= 0.6 is 0 Å². The van der Waals surface area contributed by atoms with E-state index in [4.69, 9.17) is 9.84 Å². The van der Waals surface area contributed by atoms with Crippen molar-refractivity contribution in [3.63, 3.8) is 0 Å². The third kappa shape index (κ3) is 1.68. The van der Waals surface area contributed by atoms with Gasteiger partial charge in [-0.1, -0.05) is 6.07 Å². The predicted octanol–water partition coefficient (Wildman–Crippen LogP) is 1.41. The van der Waals surface area contributed by atoms with Gasteiger partial charge in [0.15, 0.2) is 0 Å². The summed E-state index contributed by atoms with van der Waals surface area (Å²) in [4.78, 5) is 0. The van der Waals surface area contributed by atoms with Crippen LogP contribution in [-0.4, -0.2) is 24.9 Å². The maximum atomic E-state index is 9.05. The van der Waals surface area contributed by atoms with Gasteiger partial charge in [0.1, 0.15) is 5.75 Å². The lowest BCUT2D eigenvalue weighted by atomic mass is 9.98. The summed E-state index contributed by atoms with van der Waals surface area (Å²) in [6, 6.07) is 6.22. The van der Waals surface area contributed by atoms with Crippen molar-refractivity contribution in [2.75, 3.05) is 19.0 Å². The largest absolute Gasteiger partial charge is 0.497 e. The van der Waals surface area contributed by atoms with Crippen LogP contribution in [0.15, 0.2) is 18.2 Å². The molecule has 1 atom stereocenters. The van der Waals surface area contributed by atoms with Crippen LogP contribution in [0.4, 0.5) is 5.69 Å². The van der Waals surface area contributed by atoms with Crippen molar-refractivity contribution >= 4 is 5.69 Å². The lowest BCUT2D eigenvalue weighted by Gasteiger charge is -2.25. The molecule has 0 unspecified atom stereocenters. The highest BCUT2D eigenvalue weighted by Crippen LogP contribution is 2.28. The number of aliphatic hydroxyl groups is 1. The molecule has 1 aromatic rings. The van der Waals surface area contributed by atoms with Gasteiger partial charge in [0.25, 0.3) is 0 Å². The van der Waals surface area contributed by atoms with E-state index in [2.05, 4.69) is 11.4 Å². The zero-order valence-electron chi connectivity index (χ0n) is 8.29. The van der Waals surface area contributed by atoms with Crippen molar-refractivity contribution in [2.24, 2.45) is 0 Å². The number of anilines is 1. The smallest absolute Gasteiger partial charge is 0.120 e. The first-order chi connectivity index (χ1) is 6.83. The van der Waals surface area contributed by atoms with Crippen molar-refractivity contribution < 1.29 is 9.84 Å². The molecule has 1 heterocycles. The number of hydrogen-bond acceptors (Lipinski definition) is 3. The molecule has 3 heteroatoms. The van der Waals surface area contributed by atoms with Crippen LogP contribution in [0.3, 0.4) is 0 Å². The Labute approximate surface area is 83.7 Å². The molecule has 1 aromatic carbocycles. The molecule has 0 radical (unpaired) electrons. The quantitative estimate of drug-likeness (QED) is 0.746. The lowest BCUT2D eigenvalue weighted by Crippen LogP contribution is -2.28. The Kier molecular flexibility index (Phi) is 2.59. The van der Waals surface area contributed by atoms with Crippen molar-refractivity contribution in [1.82, 2.24) is 0 Å². The molecule has 1 aliphatic rings. The van der Waals surface area contributed by atoms with Crippen LogP contribution in [0.5, 0.6) is 5.75 Å². The van der Waals surface area contributed by atoms with Gasteiger partial charge in [-0.3, -0.25) is 0 Å². The zero-order chi connectivity index (χ0) is 9.97. The Morgan fingerprint density at radius 1 is 1.57 bits per heavy atom. The molecule has 0 bridgehead atoms. The van der Waals surface area contributed by atoms with Crippen molar-refractivity contribution in [1.29, 1.82) is 0 Å². The number of hydrogen-bond donors (Lipinski definition) is 2. The Morgan fingerprint density at radius 3 is 3.14 bits per heavy atom. The number of ether oxygens (including phenoxy) is 1. The summed E-state index contributed by atoms with van der Waals surface area (Å²) in [7, 11) is 1.66. The normalized spacial score (nSPS) is 19.7. The predicted molar refractivity (Wildman–Crippen MR) is 55.8 cm³/mol. The van der Waals surface area contributed by atoms with E-state index in [9.17, 15) is 0 Å². The molecule has 0 amide bonds. The van der Waals surface area contributed by atoms with Crippen LogP contribution in [0, 0.1) is 0 Å². The maximum Gasteiger partial charge on any atom is 0.120 e. The molecule has 0 spiro atoms. The summed E-state index contributed by atoms with van der Waals surface area (Å²) in [6.45, 7) is 0.191. The van der Waals surface area contributed by atoms with E-state index in [0.717, 1.165) is 24.3 Å². The van der Waals surface area contributed by atoms with Gasteiger partial charge < -0.3 is 15.2 Å². The van der Waals surface area contributed by atoms with E-state index in [0.29, 0.717) is 0 Å². The molecular formula is C11H15NO2. The summed E-state index contributed by atoms with van der Waals surface area (Å²) < 4.78 is 5.15. The minimum Gasteiger partial charge on any atom is -0.497 e. The van der Waals surface area contributed by atoms with Crippen LogP contribution in [0.25, 0.3) is 0 Å². The molecule has 3 nitrogen and oxygen atoms in total. The fourth-order valence-electron chi connectivity index (χ4n) is 1.79. The van der Waals surface area contributed by atoms with E-state index in [1.807, 2.05) is 12.1 Å². The molecular weight excluding hydrogens is 178 g/mol. The number of fused-ring (bicyclic) bond motifs is 1. The Bertz CT molecular complexity index is 325. The maximum absolute atomic E-state index is 9.05. The Hall–Kier alpha value is -1.22. The number of rotatable bonds is 2. The highest BCUT2D eigenvalue weighted by atomic mass is 16.5. The highest BCUT2D eigenvalue weighted by molar-refractivity contribution is 5.57. The first kappa shape index (κ1) is 9.34. The summed E-state index contributed by atoms with van der Waals surface area (Å²) in [5.74, 6) is 0.856. The SMILES string of the molecule is COc1ccc2c(c1)N[C@H](CO)CC2. The second kappa shape index (κ2) is 3.88. The molecule has 2 N–H and O–H groups in total. The molecule has 76 valence electrons. The van der Waals surface area contributed by atoms with Gasteiger partial charge in [-0.2, -0.15) is 0 Å². The van der Waals surface area contributed by atoms with Crippen molar-refractivity contribution in [3.05, 3.63) is 23.8 Å². The van der Waals surface area contributed by atoms with E-state index in [-0.39, 0.29) is 12.6 Å². The molecule has 2 rings (SSSR count). The monoisotopic (exact) mass is 193 g/mol. The fraction of sp³-hybridized carbons (Fsp3) is 0.455. The third-order valence-electron chi connectivity index (χ3n) is 2.66. The number of benzene rings is 1. The topological polar surface area (TPSA) is 41.5 Å². The Morgan fingerprint density at radius 2 is 2.43 bits per heavy atom. The average molecular weight is 193 g/mol. The fourth-order valence-corrected chi connectivity index (χ4v) is 1.79. The minimum atomic E-state index is 0.189. The molecule has 14 heavy (non-hydrogen) atoms. The second-order valence-electron chi connectivity index (χ2n) is 3.59. The molecule has 0 aromatic heterocycles. The standard InChI is InChI=1S/C11H15NO2/c1-14-10-5-3-8-2-4-9(7-13)12-11(8)6-10/h3,5-6,9,12-13H,2,4,7H2,1H3/t9-/m0/s1. The van der Waals surface area contributed by atoms with Gasteiger partial charge in [0.2, 0.25) is 0 Å². The van der Waals surface area contributed by atoms with E-state index in [1.54, 1.807) is 7.11 Å². The summed E-state index contributed by atoms with van der Waals surface area (Å²) in [6.07, 6.45) is 2.02. The zero-order valence-corrected chi connectivity index (χ0v) is 8.29. The number of nitrogens with one attached hydrogen (secondary N) is 1. The van der Waals surface area contributed by atoms with Crippen LogP contribution in [-0.2, 0) is 6.42 Å². The van der Waals surface area contributed by atoms with Gasteiger partial charge in [-0.25, -0.2) is 0 Å². The van der Waals surface area contributed by atoms with E-state index >= 15 is 0 Å². The van der Waals surface area contributed by atoms with Gasteiger partial charge in [-0.15, -0.1) is 0 Å².